The third-order valence-electron chi connectivity index (χ3n) is 3.85. The number of rotatable bonds is 6. The minimum Gasteiger partial charge on any atom is -0.480 e. The van der Waals surface area contributed by atoms with Gasteiger partial charge in [0.05, 0.1) is 31.6 Å². The Morgan fingerprint density at radius 3 is 2.85 bits per heavy atom. The van der Waals surface area contributed by atoms with Crippen LogP contribution in [0.2, 0.25) is 0 Å². The van der Waals surface area contributed by atoms with Crippen molar-refractivity contribution in [1.82, 2.24) is 14.9 Å². The second kappa shape index (κ2) is 8.31. The van der Waals surface area contributed by atoms with E-state index in [0.717, 1.165) is 0 Å². The molecule has 1 fully saturated rings. The van der Waals surface area contributed by atoms with Gasteiger partial charge in [0.2, 0.25) is 11.8 Å². The highest BCUT2D eigenvalue weighted by Gasteiger charge is 2.30. The Kier molecular flexibility index (Phi) is 5.87. The molecule has 0 N–H and O–H groups in total. The Morgan fingerprint density at radius 2 is 2.08 bits per heavy atom. The maximum Gasteiger partial charge on any atom is 0.288 e. The highest BCUT2D eigenvalue weighted by molar-refractivity contribution is 7.99. The summed E-state index contributed by atoms with van der Waals surface area (Å²) in [6, 6.07) is 6.40. The zero-order chi connectivity index (χ0) is 18.5. The van der Waals surface area contributed by atoms with Crippen LogP contribution in [0.1, 0.15) is 16.8 Å². The second-order valence-corrected chi connectivity index (χ2v) is 6.59. The van der Waals surface area contributed by atoms with Gasteiger partial charge < -0.3 is 14.4 Å². The molecular weight excluding hydrogens is 364 g/mol. The first-order valence-corrected chi connectivity index (χ1v) is 8.80. The summed E-state index contributed by atoms with van der Waals surface area (Å²) in [5.74, 6) is -2.20. The van der Waals surface area contributed by atoms with Crippen LogP contribution in [-0.4, -0.2) is 52.8 Å². The predicted octanol–water partition coefficient (Wildman–Crippen LogP) is 3.09. The molecule has 3 rings (SSSR count). The van der Waals surface area contributed by atoms with Crippen LogP contribution in [0.25, 0.3) is 0 Å². The summed E-state index contributed by atoms with van der Waals surface area (Å²) in [5, 5.41) is 0. The van der Waals surface area contributed by atoms with Gasteiger partial charge in [-0.05, 0) is 12.1 Å². The smallest absolute Gasteiger partial charge is 0.288 e. The van der Waals surface area contributed by atoms with E-state index in [1.807, 2.05) is 0 Å². The zero-order valence-electron chi connectivity index (χ0n) is 14.0. The van der Waals surface area contributed by atoms with E-state index in [1.54, 1.807) is 23.1 Å². The van der Waals surface area contributed by atoms with Crippen LogP contribution in [0.3, 0.4) is 0 Å². The molecule has 1 unspecified atom stereocenters. The fraction of sp³-hybridized carbons (Fsp3) is 0.353. The molecule has 9 heteroatoms. The van der Waals surface area contributed by atoms with E-state index in [1.165, 1.54) is 25.6 Å². The number of ether oxygens (including phenoxy) is 2. The topological polar surface area (TPSA) is 64.6 Å². The van der Waals surface area contributed by atoms with Gasteiger partial charge in [0.25, 0.3) is 11.7 Å². The van der Waals surface area contributed by atoms with Crippen molar-refractivity contribution in [2.75, 3.05) is 20.2 Å². The molecule has 1 aliphatic rings. The zero-order valence-corrected chi connectivity index (χ0v) is 14.8. The first kappa shape index (κ1) is 18.4. The molecule has 1 aromatic carbocycles. The number of carbonyl (C=O) groups is 1. The molecule has 138 valence electrons. The van der Waals surface area contributed by atoms with Crippen LogP contribution >= 0.6 is 11.8 Å². The number of alkyl halides is 2. The number of hydrogen-bond acceptors (Lipinski definition) is 6. The number of hydrogen-bond donors (Lipinski definition) is 0. The van der Waals surface area contributed by atoms with Crippen LogP contribution in [0.5, 0.6) is 11.8 Å². The van der Waals surface area contributed by atoms with E-state index in [9.17, 15) is 13.6 Å². The molecule has 26 heavy (non-hydrogen) atoms. The van der Waals surface area contributed by atoms with Crippen LogP contribution in [0, 0.1) is 0 Å². The highest BCUT2D eigenvalue weighted by atomic mass is 32.2. The SMILES string of the molecule is COc1cncc(OC2CCN(C(=O)c3ccccc3SC(F)F)C2)n1. The van der Waals surface area contributed by atoms with E-state index in [4.69, 9.17) is 9.47 Å². The van der Waals surface area contributed by atoms with Gasteiger partial charge in [-0.15, -0.1) is 0 Å². The van der Waals surface area contributed by atoms with Crippen molar-refractivity contribution in [3.63, 3.8) is 0 Å². The van der Waals surface area contributed by atoms with Crippen molar-refractivity contribution in [1.29, 1.82) is 0 Å². The van der Waals surface area contributed by atoms with Gasteiger partial charge in [0, 0.05) is 17.9 Å². The van der Waals surface area contributed by atoms with Crippen molar-refractivity contribution in [3.8, 4) is 11.8 Å². The van der Waals surface area contributed by atoms with E-state index in [2.05, 4.69) is 9.97 Å². The third-order valence-corrected chi connectivity index (χ3v) is 4.64. The molecule has 1 saturated heterocycles. The molecule has 2 aromatic rings. The Labute approximate surface area is 153 Å². The molecule has 0 radical (unpaired) electrons. The second-order valence-electron chi connectivity index (χ2n) is 5.55. The highest BCUT2D eigenvalue weighted by Crippen LogP contribution is 2.30. The number of methoxy groups -OCH3 is 1. The Balaban J connectivity index is 1.66. The molecule has 0 bridgehead atoms. The molecular formula is C17H17F2N3O3S. The number of likely N-dealkylation sites (tertiary alicyclic amines) is 1. The maximum absolute atomic E-state index is 12.7. The lowest BCUT2D eigenvalue weighted by molar-refractivity contribution is 0.0767. The van der Waals surface area contributed by atoms with Crippen molar-refractivity contribution >= 4 is 17.7 Å². The Morgan fingerprint density at radius 1 is 1.31 bits per heavy atom. The van der Waals surface area contributed by atoms with Gasteiger partial charge >= 0.3 is 0 Å². The molecule has 0 spiro atoms. The van der Waals surface area contributed by atoms with E-state index < -0.39 is 5.76 Å². The number of carbonyl (C=O) groups excluding carboxylic acids is 1. The quantitative estimate of drug-likeness (QED) is 0.717. The summed E-state index contributed by atoms with van der Waals surface area (Å²) in [4.78, 5) is 22.7. The normalized spacial score (nSPS) is 16.8. The monoisotopic (exact) mass is 381 g/mol. The van der Waals surface area contributed by atoms with Crippen LogP contribution in [-0.2, 0) is 0 Å². The molecule has 2 heterocycles. The molecule has 1 aliphatic heterocycles. The Hall–Kier alpha value is -2.42. The fourth-order valence-electron chi connectivity index (χ4n) is 2.68. The summed E-state index contributed by atoms with van der Waals surface area (Å²) in [6.45, 7) is 0.833. The average molecular weight is 381 g/mol. The van der Waals surface area contributed by atoms with Crippen LogP contribution in [0.15, 0.2) is 41.6 Å². The van der Waals surface area contributed by atoms with Crippen LogP contribution in [0.4, 0.5) is 8.78 Å². The number of halogens is 2. The first-order valence-electron chi connectivity index (χ1n) is 7.92. The molecule has 0 saturated carbocycles. The van der Waals surface area contributed by atoms with Gasteiger partial charge in [-0.1, -0.05) is 23.9 Å². The fourth-order valence-corrected chi connectivity index (χ4v) is 3.31. The number of thioether (sulfide) groups is 1. The van der Waals surface area contributed by atoms with Gasteiger partial charge in [0.1, 0.15) is 6.10 Å². The van der Waals surface area contributed by atoms with Crippen molar-refractivity contribution in [2.24, 2.45) is 0 Å². The Bertz CT molecular complexity index is 778. The first-order chi connectivity index (χ1) is 12.6. The van der Waals surface area contributed by atoms with Crippen molar-refractivity contribution < 1.29 is 23.0 Å². The minimum absolute atomic E-state index is 0.240. The molecule has 1 atom stereocenters. The standard InChI is InChI=1S/C17H17F2N3O3S/c1-24-14-8-20-9-15(21-14)25-11-6-7-22(10-11)16(23)12-4-2-3-5-13(12)26-17(18)19/h2-5,8-9,11,17H,6-7,10H2,1H3. The van der Waals surface area contributed by atoms with E-state index in [0.29, 0.717) is 43.0 Å². The van der Waals surface area contributed by atoms with E-state index >= 15 is 0 Å². The van der Waals surface area contributed by atoms with Gasteiger partial charge in [0.15, 0.2) is 0 Å². The summed E-state index contributed by atoms with van der Waals surface area (Å²) in [6.07, 6.45) is 3.32. The average Bonchev–Trinajstić information content (AvgIpc) is 3.10. The summed E-state index contributed by atoms with van der Waals surface area (Å²) in [7, 11) is 1.48. The number of aromatic nitrogens is 2. The van der Waals surface area contributed by atoms with Crippen LogP contribution < -0.4 is 9.47 Å². The summed E-state index contributed by atoms with van der Waals surface area (Å²) >= 11 is 0.375. The van der Waals surface area contributed by atoms with Crippen molar-refractivity contribution in [3.05, 3.63) is 42.2 Å². The number of amides is 1. The number of benzene rings is 1. The van der Waals surface area contributed by atoms with Crippen molar-refractivity contribution in [2.45, 2.75) is 23.2 Å². The van der Waals surface area contributed by atoms with E-state index in [-0.39, 0.29) is 22.5 Å². The van der Waals surface area contributed by atoms with Gasteiger partial charge in [-0.3, -0.25) is 9.78 Å². The molecule has 1 aromatic heterocycles. The lowest BCUT2D eigenvalue weighted by Gasteiger charge is -2.18. The minimum atomic E-state index is -2.58. The lowest BCUT2D eigenvalue weighted by atomic mass is 10.2. The largest absolute Gasteiger partial charge is 0.480 e. The lowest BCUT2D eigenvalue weighted by Crippen LogP contribution is -2.31. The predicted molar refractivity (Wildman–Crippen MR) is 91.8 cm³/mol. The molecule has 1 amide bonds. The third kappa shape index (κ3) is 4.40. The number of nitrogens with zero attached hydrogens (tertiary/aromatic N) is 3. The maximum atomic E-state index is 12.7. The summed E-state index contributed by atoms with van der Waals surface area (Å²) in [5.41, 5.74) is 0.277. The summed E-state index contributed by atoms with van der Waals surface area (Å²) < 4.78 is 36.2. The molecule has 6 nitrogen and oxygen atoms in total. The van der Waals surface area contributed by atoms with Gasteiger partial charge in [-0.2, -0.15) is 13.8 Å². The van der Waals surface area contributed by atoms with Gasteiger partial charge in [-0.25, -0.2) is 0 Å². The molecule has 0 aliphatic carbocycles.